The number of rotatable bonds is 5. The van der Waals surface area contributed by atoms with E-state index >= 15 is 0 Å². The van der Waals surface area contributed by atoms with Gasteiger partial charge in [0.1, 0.15) is 11.7 Å². The van der Waals surface area contributed by atoms with E-state index in [1.54, 1.807) is 6.07 Å². The van der Waals surface area contributed by atoms with Gasteiger partial charge in [-0.1, -0.05) is 0 Å². The largest absolute Gasteiger partial charge is 0.377 e. The van der Waals surface area contributed by atoms with Crippen LogP contribution in [0.15, 0.2) is 23.2 Å². The maximum atomic E-state index is 13.4. The molecule has 6 heteroatoms. The molecule has 0 bridgehead atoms. The van der Waals surface area contributed by atoms with Gasteiger partial charge in [-0.2, -0.15) is 0 Å². The van der Waals surface area contributed by atoms with E-state index in [9.17, 15) is 9.18 Å². The number of carbonyl (C=O) groups excluding carboxylic acids is 1. The Bertz CT molecular complexity index is 554. The highest BCUT2D eigenvalue weighted by atomic mass is 19.1. The molecule has 0 radical (unpaired) electrons. The Morgan fingerprint density at radius 3 is 3.00 bits per heavy atom. The zero-order valence-corrected chi connectivity index (χ0v) is 11.1. The number of hydrogen-bond donors (Lipinski definition) is 3. The van der Waals surface area contributed by atoms with Gasteiger partial charge in [-0.05, 0) is 31.0 Å². The van der Waals surface area contributed by atoms with E-state index in [4.69, 9.17) is 0 Å². The molecule has 2 aliphatic rings. The van der Waals surface area contributed by atoms with Gasteiger partial charge < -0.3 is 16.0 Å². The molecule has 0 atom stereocenters. The first kappa shape index (κ1) is 12.9. The molecule has 0 spiro atoms. The summed E-state index contributed by atoms with van der Waals surface area (Å²) in [5.74, 6) is 0.228. The highest BCUT2D eigenvalue weighted by Crippen LogP contribution is 2.22. The summed E-state index contributed by atoms with van der Waals surface area (Å²) < 4.78 is 13.4. The van der Waals surface area contributed by atoms with Crippen molar-refractivity contribution in [3.05, 3.63) is 29.6 Å². The lowest BCUT2D eigenvalue weighted by Gasteiger charge is -2.12. The highest BCUT2D eigenvalue weighted by molar-refractivity contribution is 6.00. The predicted molar refractivity (Wildman–Crippen MR) is 75.7 cm³/mol. The number of nitrogens with zero attached hydrogens (tertiary/aromatic N) is 1. The summed E-state index contributed by atoms with van der Waals surface area (Å²) in [6.45, 7) is 2.13. The molecule has 0 saturated heterocycles. The summed E-state index contributed by atoms with van der Waals surface area (Å²) >= 11 is 0. The summed E-state index contributed by atoms with van der Waals surface area (Å²) in [4.78, 5) is 16.4. The van der Waals surface area contributed by atoms with Crippen molar-refractivity contribution >= 4 is 17.4 Å². The molecule has 5 nitrogen and oxygen atoms in total. The van der Waals surface area contributed by atoms with E-state index in [1.165, 1.54) is 12.1 Å². The molecule has 1 fully saturated rings. The molecule has 1 aliphatic heterocycles. The maximum Gasteiger partial charge on any atom is 0.253 e. The van der Waals surface area contributed by atoms with Crippen molar-refractivity contribution in [3.63, 3.8) is 0 Å². The first-order valence-electron chi connectivity index (χ1n) is 6.84. The number of benzene rings is 1. The molecule has 3 N–H and O–H groups in total. The molecule has 20 heavy (non-hydrogen) atoms. The number of hydrogen-bond acceptors (Lipinski definition) is 4. The summed E-state index contributed by atoms with van der Waals surface area (Å²) in [6, 6.07) is 4.45. The lowest BCUT2D eigenvalue weighted by atomic mass is 10.1. The first-order valence-corrected chi connectivity index (χ1v) is 6.84. The first-order chi connectivity index (χ1) is 9.72. The average molecular weight is 276 g/mol. The van der Waals surface area contributed by atoms with Gasteiger partial charge in [0.2, 0.25) is 0 Å². The highest BCUT2D eigenvalue weighted by Gasteiger charge is 2.25. The zero-order valence-electron chi connectivity index (χ0n) is 11.1. The van der Waals surface area contributed by atoms with Gasteiger partial charge in [-0.25, -0.2) is 4.39 Å². The van der Waals surface area contributed by atoms with Gasteiger partial charge in [0.05, 0.1) is 18.7 Å². The van der Waals surface area contributed by atoms with Crippen LogP contribution in [0, 0.1) is 5.82 Å². The fourth-order valence-corrected chi connectivity index (χ4v) is 2.09. The van der Waals surface area contributed by atoms with Crippen LogP contribution in [0.3, 0.4) is 0 Å². The Balaban J connectivity index is 1.72. The minimum atomic E-state index is -0.409. The van der Waals surface area contributed by atoms with Crippen LogP contribution in [-0.2, 0) is 0 Å². The lowest BCUT2D eigenvalue weighted by Crippen LogP contribution is -2.29. The van der Waals surface area contributed by atoms with Gasteiger partial charge in [-0.3, -0.25) is 9.79 Å². The van der Waals surface area contributed by atoms with Crippen LogP contribution in [0.1, 0.15) is 23.2 Å². The van der Waals surface area contributed by atoms with E-state index < -0.39 is 5.82 Å². The number of carbonyl (C=O) groups is 1. The summed E-state index contributed by atoms with van der Waals surface area (Å²) in [5.41, 5.74) is 0.969. The molecule has 1 saturated carbocycles. The molecular formula is C14H17FN4O. The number of halogens is 1. The molecule has 3 rings (SSSR count). The molecule has 1 aromatic rings. The molecule has 1 aliphatic carbocycles. The smallest absolute Gasteiger partial charge is 0.253 e. The Morgan fingerprint density at radius 1 is 1.45 bits per heavy atom. The summed E-state index contributed by atoms with van der Waals surface area (Å²) in [5, 5.41) is 9.15. The molecule has 1 heterocycles. The second-order valence-corrected chi connectivity index (χ2v) is 5.05. The second-order valence-electron chi connectivity index (χ2n) is 5.05. The quantitative estimate of drug-likeness (QED) is 0.755. The van der Waals surface area contributed by atoms with Gasteiger partial charge in [0.25, 0.3) is 5.91 Å². The van der Waals surface area contributed by atoms with Crippen molar-refractivity contribution in [1.29, 1.82) is 0 Å². The van der Waals surface area contributed by atoms with Gasteiger partial charge in [0.15, 0.2) is 0 Å². The van der Waals surface area contributed by atoms with Crippen molar-refractivity contribution in [1.82, 2.24) is 10.6 Å². The van der Waals surface area contributed by atoms with Crippen molar-refractivity contribution in [3.8, 4) is 0 Å². The number of amides is 1. The van der Waals surface area contributed by atoms with Crippen LogP contribution in [0.5, 0.6) is 0 Å². The summed E-state index contributed by atoms with van der Waals surface area (Å²) in [6.07, 6.45) is 2.01. The van der Waals surface area contributed by atoms with Gasteiger partial charge in [-0.15, -0.1) is 0 Å². The Hall–Kier alpha value is -2.11. The van der Waals surface area contributed by atoms with Crippen LogP contribution in [0.2, 0.25) is 0 Å². The number of anilines is 1. The van der Waals surface area contributed by atoms with Crippen molar-refractivity contribution < 1.29 is 9.18 Å². The van der Waals surface area contributed by atoms with Crippen LogP contribution >= 0.6 is 0 Å². The number of aliphatic imine (C=N–C) groups is 1. The minimum Gasteiger partial charge on any atom is -0.377 e. The number of nitrogens with one attached hydrogen (secondary N) is 3. The van der Waals surface area contributed by atoms with Crippen LogP contribution < -0.4 is 16.0 Å². The van der Waals surface area contributed by atoms with E-state index in [-0.39, 0.29) is 11.9 Å². The van der Waals surface area contributed by atoms with Crippen LogP contribution in [-0.4, -0.2) is 37.4 Å². The van der Waals surface area contributed by atoms with Gasteiger partial charge in [0, 0.05) is 18.3 Å². The zero-order chi connectivity index (χ0) is 13.9. The predicted octanol–water partition coefficient (Wildman–Crippen LogP) is 1.13. The third-order valence-corrected chi connectivity index (χ3v) is 3.33. The second kappa shape index (κ2) is 5.48. The fraction of sp³-hybridized carbons (Fsp3) is 0.429. The van der Waals surface area contributed by atoms with Crippen LogP contribution in [0.25, 0.3) is 0 Å². The maximum absolute atomic E-state index is 13.4. The van der Waals surface area contributed by atoms with E-state index in [0.29, 0.717) is 17.8 Å². The molecule has 1 amide bonds. The Kier molecular flexibility index (Phi) is 3.54. The van der Waals surface area contributed by atoms with E-state index in [2.05, 4.69) is 20.9 Å². The van der Waals surface area contributed by atoms with Crippen molar-refractivity contribution in [2.24, 2.45) is 4.99 Å². The molecule has 106 valence electrons. The molecule has 0 unspecified atom stereocenters. The standard InChI is InChI=1S/C14H17FN4O/c15-9-1-4-12(18-8-13-16-5-6-17-13)11(7-9)14(20)19-10-2-3-10/h1,4,7,10,18H,2-3,5-6,8H2,(H,16,17)(H,19,20). The Labute approximate surface area is 116 Å². The number of amidine groups is 1. The van der Waals surface area contributed by atoms with E-state index in [1.807, 2.05) is 0 Å². The van der Waals surface area contributed by atoms with Crippen molar-refractivity contribution in [2.45, 2.75) is 18.9 Å². The third kappa shape index (κ3) is 3.07. The monoisotopic (exact) mass is 276 g/mol. The van der Waals surface area contributed by atoms with Gasteiger partial charge >= 0.3 is 0 Å². The van der Waals surface area contributed by atoms with Crippen molar-refractivity contribution in [2.75, 3.05) is 25.0 Å². The SMILES string of the molecule is O=C(NC1CC1)c1cc(F)ccc1NCC1=NCCN1. The Morgan fingerprint density at radius 2 is 2.30 bits per heavy atom. The minimum absolute atomic E-state index is 0.226. The van der Waals surface area contributed by atoms with E-state index in [0.717, 1.165) is 31.8 Å². The molecule has 0 aromatic heterocycles. The average Bonchev–Trinajstić information content (AvgIpc) is 3.09. The summed E-state index contributed by atoms with van der Waals surface area (Å²) in [7, 11) is 0. The van der Waals surface area contributed by atoms with Crippen LogP contribution in [0.4, 0.5) is 10.1 Å². The lowest BCUT2D eigenvalue weighted by molar-refractivity contribution is 0.0951. The molecule has 1 aromatic carbocycles. The fourth-order valence-electron chi connectivity index (χ4n) is 2.09. The molecular weight excluding hydrogens is 259 g/mol. The topological polar surface area (TPSA) is 65.5 Å². The third-order valence-electron chi connectivity index (χ3n) is 3.33. The normalized spacial score (nSPS) is 17.4.